The number of amides is 1. The number of rotatable bonds is 7. The Balaban J connectivity index is 1.99. The van der Waals surface area contributed by atoms with E-state index in [-0.39, 0.29) is 12.0 Å². The smallest absolute Gasteiger partial charge is 0.410 e. The van der Waals surface area contributed by atoms with Crippen molar-refractivity contribution in [2.75, 3.05) is 13.1 Å². The molecule has 0 bridgehead atoms. The predicted molar refractivity (Wildman–Crippen MR) is 153 cm³/mol. The van der Waals surface area contributed by atoms with Gasteiger partial charge in [-0.25, -0.2) is 4.79 Å². The Morgan fingerprint density at radius 3 is 2.58 bits per heavy atom. The summed E-state index contributed by atoms with van der Waals surface area (Å²) in [5, 5.41) is 0.745. The lowest BCUT2D eigenvalue weighted by Crippen LogP contribution is -2.43. The number of halogens is 1. The number of nitrogens with zero attached hydrogens (tertiary/aromatic N) is 2. The lowest BCUT2D eigenvalue weighted by atomic mass is 9.75. The molecule has 5 heteroatoms. The molecular weight excluding hydrogens is 468 g/mol. The number of hydrogen-bond donors (Lipinski definition) is 0. The van der Waals surface area contributed by atoms with Crippen molar-refractivity contribution >= 4 is 30.0 Å². The van der Waals surface area contributed by atoms with Gasteiger partial charge in [0.05, 0.1) is 5.70 Å². The fraction of sp³-hybridized carbons (Fsp3) is 0.548. The second-order valence-electron chi connectivity index (χ2n) is 11.0. The number of benzene rings is 1. The van der Waals surface area contributed by atoms with Crippen molar-refractivity contribution in [3.05, 3.63) is 62.8 Å². The Kier molecular flexibility index (Phi) is 9.63. The van der Waals surface area contributed by atoms with Crippen LogP contribution in [0.5, 0.6) is 0 Å². The minimum Gasteiger partial charge on any atom is -0.443 e. The van der Waals surface area contributed by atoms with Gasteiger partial charge in [0.2, 0.25) is 0 Å². The first kappa shape index (κ1) is 28.2. The fourth-order valence-electron chi connectivity index (χ4n) is 4.95. The predicted octanol–water partition coefficient (Wildman–Crippen LogP) is 8.97. The van der Waals surface area contributed by atoms with Gasteiger partial charge in [-0.15, -0.1) is 0 Å². The molecule has 0 spiro atoms. The number of carbonyl (C=O) groups is 1. The fourth-order valence-corrected chi connectivity index (χ4v) is 5.13. The molecule has 0 radical (unpaired) electrons. The Bertz CT molecular complexity index is 1070. The largest absolute Gasteiger partial charge is 0.443 e. The average Bonchev–Trinajstić information content (AvgIpc) is 3.00. The molecule has 0 aromatic heterocycles. The Labute approximate surface area is 223 Å². The zero-order chi connectivity index (χ0) is 26.5. The molecule has 1 unspecified atom stereocenters. The van der Waals surface area contributed by atoms with E-state index >= 15 is 0 Å². The van der Waals surface area contributed by atoms with Crippen molar-refractivity contribution in [1.29, 1.82) is 0 Å². The lowest BCUT2D eigenvalue weighted by molar-refractivity contribution is 0.00525. The summed E-state index contributed by atoms with van der Waals surface area (Å²) in [6.45, 7) is 16.1. The molecule has 0 N–H and O–H groups in total. The standard InChI is InChI=1S/C31H43ClN2O2/c1-8-21(3)19-25-20-26(32)10-11-27(25)28(29-23(5)18-22(4)12-15-33-29)24-13-16-34(17-14-24)30(35)36-31(6,7)9-2/h10-11,15,18-20,24,28H,8-9,12-14,16-17H2,1-7H3/b21-19+. The van der Waals surface area contributed by atoms with E-state index < -0.39 is 5.60 Å². The van der Waals surface area contributed by atoms with Crippen molar-refractivity contribution in [2.45, 2.75) is 92.1 Å². The maximum Gasteiger partial charge on any atom is 0.410 e. The zero-order valence-corrected chi connectivity index (χ0v) is 23.9. The molecule has 2 heterocycles. The van der Waals surface area contributed by atoms with Crippen LogP contribution in [0.25, 0.3) is 6.08 Å². The SMILES string of the molecule is CC/C(C)=C/c1cc(Cl)ccc1C(C1=C(C)C=C(C)CC=N1)C1CCN(C(=O)OC(C)(C)CC)CC1. The van der Waals surface area contributed by atoms with Crippen molar-refractivity contribution in [3.8, 4) is 0 Å². The van der Waals surface area contributed by atoms with E-state index in [1.807, 2.05) is 38.0 Å². The van der Waals surface area contributed by atoms with Crippen LogP contribution in [0.3, 0.4) is 0 Å². The van der Waals surface area contributed by atoms with E-state index in [1.165, 1.54) is 27.8 Å². The maximum atomic E-state index is 12.8. The van der Waals surface area contributed by atoms with Gasteiger partial charge in [-0.2, -0.15) is 0 Å². The number of piperidine rings is 1. The molecule has 1 atom stereocenters. The number of likely N-dealkylation sites (tertiary alicyclic amines) is 1. The Hall–Kier alpha value is -2.33. The van der Waals surface area contributed by atoms with Crippen LogP contribution < -0.4 is 0 Å². The summed E-state index contributed by atoms with van der Waals surface area (Å²) in [5.74, 6) is 0.485. The molecule has 3 rings (SSSR count). The first-order chi connectivity index (χ1) is 17.0. The van der Waals surface area contributed by atoms with Crippen LogP contribution in [-0.4, -0.2) is 35.9 Å². The van der Waals surface area contributed by atoms with Gasteiger partial charge in [0.1, 0.15) is 5.60 Å². The highest BCUT2D eigenvalue weighted by molar-refractivity contribution is 6.30. The number of allylic oxidation sites excluding steroid dienone is 5. The van der Waals surface area contributed by atoms with Crippen molar-refractivity contribution in [2.24, 2.45) is 10.9 Å². The van der Waals surface area contributed by atoms with Gasteiger partial charge in [-0.3, -0.25) is 4.99 Å². The average molecular weight is 511 g/mol. The maximum absolute atomic E-state index is 12.8. The molecular formula is C31H43ClN2O2. The van der Waals surface area contributed by atoms with E-state index in [0.717, 1.165) is 42.8 Å². The molecule has 1 fully saturated rings. The molecule has 4 nitrogen and oxygen atoms in total. The molecule has 1 aromatic rings. The third-order valence-electron chi connectivity index (χ3n) is 7.63. The van der Waals surface area contributed by atoms with E-state index in [2.05, 4.69) is 52.0 Å². The van der Waals surface area contributed by atoms with Crippen LogP contribution in [0.1, 0.15) is 97.6 Å². The second kappa shape index (κ2) is 12.3. The van der Waals surface area contributed by atoms with Gasteiger partial charge >= 0.3 is 6.09 Å². The summed E-state index contributed by atoms with van der Waals surface area (Å²) in [4.78, 5) is 19.7. The summed E-state index contributed by atoms with van der Waals surface area (Å²) in [6, 6.07) is 6.27. The van der Waals surface area contributed by atoms with Crippen LogP contribution in [0.15, 0.2) is 51.7 Å². The first-order valence-corrected chi connectivity index (χ1v) is 13.8. The molecule has 2 aliphatic heterocycles. The number of hydrogen-bond acceptors (Lipinski definition) is 3. The van der Waals surface area contributed by atoms with Crippen LogP contribution in [0, 0.1) is 5.92 Å². The van der Waals surface area contributed by atoms with Crippen LogP contribution in [0.4, 0.5) is 4.79 Å². The quantitative estimate of drug-likeness (QED) is 0.367. The monoisotopic (exact) mass is 510 g/mol. The minimum atomic E-state index is -0.445. The number of ether oxygens (including phenoxy) is 1. The Morgan fingerprint density at radius 2 is 1.94 bits per heavy atom. The lowest BCUT2D eigenvalue weighted by Gasteiger charge is -2.38. The van der Waals surface area contributed by atoms with Crippen molar-refractivity contribution in [1.82, 2.24) is 4.90 Å². The summed E-state index contributed by atoms with van der Waals surface area (Å²) in [7, 11) is 0. The summed E-state index contributed by atoms with van der Waals surface area (Å²) < 4.78 is 5.78. The van der Waals surface area contributed by atoms with E-state index in [4.69, 9.17) is 21.3 Å². The van der Waals surface area contributed by atoms with Crippen molar-refractivity contribution in [3.63, 3.8) is 0 Å². The molecule has 1 amide bonds. The van der Waals surface area contributed by atoms with Gasteiger partial charge in [-0.05, 0) is 95.1 Å². The van der Waals surface area contributed by atoms with E-state index in [1.54, 1.807) is 0 Å². The van der Waals surface area contributed by atoms with Gasteiger partial charge in [-0.1, -0.05) is 54.8 Å². The van der Waals surface area contributed by atoms with E-state index in [9.17, 15) is 4.79 Å². The Morgan fingerprint density at radius 1 is 1.25 bits per heavy atom. The third kappa shape index (κ3) is 7.12. The molecule has 2 aliphatic rings. The molecule has 36 heavy (non-hydrogen) atoms. The highest BCUT2D eigenvalue weighted by Crippen LogP contribution is 2.43. The number of aliphatic imine (C=N–C) groups is 1. The molecule has 1 aromatic carbocycles. The van der Waals surface area contributed by atoms with E-state index in [0.29, 0.717) is 19.0 Å². The van der Waals surface area contributed by atoms with Gasteiger partial charge < -0.3 is 9.64 Å². The first-order valence-electron chi connectivity index (χ1n) is 13.4. The normalized spacial score (nSPS) is 18.7. The van der Waals surface area contributed by atoms with Gasteiger partial charge in [0.15, 0.2) is 0 Å². The molecule has 0 aliphatic carbocycles. The van der Waals surface area contributed by atoms with Gasteiger partial charge in [0.25, 0.3) is 0 Å². The van der Waals surface area contributed by atoms with Crippen LogP contribution in [0.2, 0.25) is 5.02 Å². The zero-order valence-electron chi connectivity index (χ0n) is 23.2. The minimum absolute atomic E-state index is 0.127. The summed E-state index contributed by atoms with van der Waals surface area (Å²) in [6.07, 6.45) is 10.8. The molecule has 196 valence electrons. The second-order valence-corrected chi connectivity index (χ2v) is 11.4. The summed E-state index contributed by atoms with van der Waals surface area (Å²) >= 11 is 6.47. The molecule has 1 saturated heterocycles. The van der Waals surface area contributed by atoms with Gasteiger partial charge in [0, 0.05) is 36.7 Å². The van der Waals surface area contributed by atoms with Crippen LogP contribution >= 0.6 is 11.6 Å². The third-order valence-corrected chi connectivity index (χ3v) is 7.87. The summed E-state index contributed by atoms with van der Waals surface area (Å²) in [5.41, 5.74) is 6.97. The topological polar surface area (TPSA) is 41.9 Å². The highest BCUT2D eigenvalue weighted by Gasteiger charge is 2.35. The van der Waals surface area contributed by atoms with Crippen molar-refractivity contribution < 1.29 is 9.53 Å². The highest BCUT2D eigenvalue weighted by atomic mass is 35.5. The molecule has 0 saturated carbocycles. The van der Waals surface area contributed by atoms with Crippen LogP contribution in [-0.2, 0) is 4.74 Å². The number of carbonyl (C=O) groups excluding carboxylic acids is 1.